The molecule has 2 heteroatoms. The minimum absolute atomic E-state index is 0.0794. The zero-order valence-corrected chi connectivity index (χ0v) is 24.2. The van der Waals surface area contributed by atoms with E-state index in [4.69, 9.17) is 4.74 Å². The van der Waals surface area contributed by atoms with E-state index in [1.54, 1.807) is 0 Å². The Morgan fingerprint density at radius 2 is 1.58 bits per heavy atom. The highest BCUT2D eigenvalue weighted by Crippen LogP contribution is 2.53. The number of unbranched alkanes of at least 4 members (excludes halogenated alkanes) is 6. The Morgan fingerprint density at radius 3 is 2.25 bits per heavy atom. The fraction of sp³-hybridized carbons (Fsp3) is 0.794. The summed E-state index contributed by atoms with van der Waals surface area (Å²) >= 11 is 0. The summed E-state index contributed by atoms with van der Waals surface area (Å²) in [5.74, 6) is 3.00. The maximum absolute atomic E-state index is 12.3. The van der Waals surface area contributed by atoms with Crippen molar-refractivity contribution in [2.24, 2.45) is 17.3 Å². The van der Waals surface area contributed by atoms with Gasteiger partial charge in [-0.3, -0.25) is 4.79 Å². The molecule has 0 radical (unpaired) electrons. The molecule has 0 heterocycles. The normalized spacial score (nSPS) is 22.8. The number of carbonyl (C=O) groups excluding carboxylic acids is 1. The molecule has 0 aromatic heterocycles. The van der Waals surface area contributed by atoms with Crippen LogP contribution in [0.25, 0.3) is 0 Å². The molecule has 0 bridgehead atoms. The van der Waals surface area contributed by atoms with E-state index in [9.17, 15) is 4.79 Å². The van der Waals surface area contributed by atoms with Gasteiger partial charge >= 0.3 is 5.97 Å². The summed E-state index contributed by atoms with van der Waals surface area (Å²) in [4.78, 5) is 12.3. The molecule has 0 N–H and O–H groups in total. The molecule has 0 saturated heterocycles. The van der Waals surface area contributed by atoms with E-state index in [0.29, 0.717) is 17.8 Å². The van der Waals surface area contributed by atoms with Gasteiger partial charge in [0.25, 0.3) is 0 Å². The molecule has 204 valence electrons. The molecule has 2 fully saturated rings. The number of hydrogen-bond donors (Lipinski definition) is 0. The summed E-state index contributed by atoms with van der Waals surface area (Å²) in [7, 11) is 0. The molecule has 1 atom stereocenters. The predicted octanol–water partition coefficient (Wildman–Crippen LogP) is 10.7. The lowest BCUT2D eigenvalue weighted by atomic mass is 9.58. The van der Waals surface area contributed by atoms with Gasteiger partial charge in [-0.05, 0) is 98.7 Å². The zero-order chi connectivity index (χ0) is 25.8. The fourth-order valence-electron chi connectivity index (χ4n) is 7.47. The number of rotatable bonds is 14. The molecule has 1 aromatic rings. The minimum Gasteiger partial charge on any atom is -0.426 e. The van der Waals surface area contributed by atoms with E-state index in [1.807, 2.05) is 6.07 Å². The number of benzene rings is 1. The standard InChI is InChI=1S/C34H56O2/c1-5-7-9-10-12-16-33(35)36-32-22-19-30(26-27(32)3)28(4)29-17-20-31(21-18-29)34(23-13-8-6-2)24-14-11-15-25-34/h19,22,26,28-29,31H,5-18,20-21,23-25H2,1-4H3. The van der Waals surface area contributed by atoms with Gasteiger partial charge in [-0.2, -0.15) is 0 Å². The van der Waals surface area contributed by atoms with Gasteiger partial charge in [-0.25, -0.2) is 0 Å². The highest BCUT2D eigenvalue weighted by Gasteiger charge is 2.41. The third-order valence-electron chi connectivity index (χ3n) is 9.91. The Kier molecular flexibility index (Phi) is 12.3. The number of ether oxygens (including phenoxy) is 1. The van der Waals surface area contributed by atoms with Gasteiger partial charge in [0.15, 0.2) is 0 Å². The number of hydrogen-bond acceptors (Lipinski definition) is 2. The van der Waals surface area contributed by atoms with Crippen LogP contribution in [0.5, 0.6) is 5.75 Å². The van der Waals surface area contributed by atoms with E-state index in [0.717, 1.165) is 36.0 Å². The summed E-state index contributed by atoms with van der Waals surface area (Å²) < 4.78 is 5.73. The van der Waals surface area contributed by atoms with Gasteiger partial charge in [-0.1, -0.05) is 97.1 Å². The predicted molar refractivity (Wildman–Crippen MR) is 154 cm³/mol. The first kappa shape index (κ1) is 29.2. The van der Waals surface area contributed by atoms with Crippen molar-refractivity contribution >= 4 is 5.97 Å². The van der Waals surface area contributed by atoms with E-state index >= 15 is 0 Å². The Hall–Kier alpha value is -1.31. The van der Waals surface area contributed by atoms with Gasteiger partial charge < -0.3 is 4.74 Å². The van der Waals surface area contributed by atoms with Crippen LogP contribution in [0.2, 0.25) is 0 Å². The lowest BCUT2D eigenvalue weighted by Crippen LogP contribution is -2.36. The molecule has 0 aliphatic heterocycles. The van der Waals surface area contributed by atoms with E-state index in [-0.39, 0.29) is 5.97 Å². The molecular weight excluding hydrogens is 440 g/mol. The number of carbonyl (C=O) groups is 1. The Bertz CT molecular complexity index is 767. The highest BCUT2D eigenvalue weighted by molar-refractivity contribution is 5.72. The summed E-state index contributed by atoms with van der Waals surface area (Å²) in [6, 6.07) is 6.56. The van der Waals surface area contributed by atoms with Gasteiger partial charge in [0.2, 0.25) is 0 Å². The molecule has 2 aliphatic carbocycles. The van der Waals surface area contributed by atoms with Crippen molar-refractivity contribution in [3.8, 4) is 5.75 Å². The second kappa shape index (κ2) is 15.2. The van der Waals surface area contributed by atoms with Crippen LogP contribution >= 0.6 is 0 Å². The molecule has 3 rings (SSSR count). The summed E-state index contributed by atoms with van der Waals surface area (Å²) in [6.07, 6.45) is 25.1. The van der Waals surface area contributed by atoms with Crippen LogP contribution in [0.4, 0.5) is 0 Å². The zero-order valence-electron chi connectivity index (χ0n) is 24.2. The Balaban J connectivity index is 1.51. The number of esters is 1. The maximum atomic E-state index is 12.3. The maximum Gasteiger partial charge on any atom is 0.311 e. The van der Waals surface area contributed by atoms with E-state index in [2.05, 4.69) is 39.8 Å². The third kappa shape index (κ3) is 8.35. The summed E-state index contributed by atoms with van der Waals surface area (Å²) in [6.45, 7) is 9.09. The monoisotopic (exact) mass is 496 g/mol. The van der Waals surface area contributed by atoms with Gasteiger partial charge in [0, 0.05) is 6.42 Å². The Labute approximate surface area is 223 Å². The molecule has 1 unspecified atom stereocenters. The van der Waals surface area contributed by atoms with Crippen LogP contribution in [0, 0.1) is 24.2 Å². The first-order chi connectivity index (χ1) is 17.5. The van der Waals surface area contributed by atoms with Crippen LogP contribution in [0.1, 0.15) is 160 Å². The molecule has 0 amide bonds. The van der Waals surface area contributed by atoms with Gasteiger partial charge in [0.05, 0.1) is 0 Å². The molecule has 1 aromatic carbocycles. The topological polar surface area (TPSA) is 26.3 Å². The van der Waals surface area contributed by atoms with Gasteiger partial charge in [-0.15, -0.1) is 0 Å². The quantitative estimate of drug-likeness (QED) is 0.145. The first-order valence-electron chi connectivity index (χ1n) is 15.8. The van der Waals surface area contributed by atoms with Crippen LogP contribution in [0.15, 0.2) is 18.2 Å². The smallest absolute Gasteiger partial charge is 0.311 e. The van der Waals surface area contributed by atoms with E-state index in [1.165, 1.54) is 108 Å². The fourth-order valence-corrected chi connectivity index (χ4v) is 7.47. The molecular formula is C34H56O2. The third-order valence-corrected chi connectivity index (χ3v) is 9.91. The minimum atomic E-state index is -0.0794. The van der Waals surface area contributed by atoms with Crippen LogP contribution in [0.3, 0.4) is 0 Å². The van der Waals surface area contributed by atoms with Crippen molar-refractivity contribution in [3.63, 3.8) is 0 Å². The largest absolute Gasteiger partial charge is 0.426 e. The SMILES string of the molecule is CCCCCCCC(=O)Oc1ccc(C(C)C2CCC(C3(CCCCC)CCCCC3)CC2)cc1C. The van der Waals surface area contributed by atoms with Crippen molar-refractivity contribution in [2.45, 2.75) is 156 Å². The van der Waals surface area contributed by atoms with Crippen LogP contribution in [-0.2, 0) is 4.79 Å². The second-order valence-electron chi connectivity index (χ2n) is 12.4. The molecule has 2 nitrogen and oxygen atoms in total. The molecule has 2 aliphatic rings. The van der Waals surface area contributed by atoms with Crippen molar-refractivity contribution < 1.29 is 9.53 Å². The van der Waals surface area contributed by atoms with Crippen molar-refractivity contribution in [1.29, 1.82) is 0 Å². The van der Waals surface area contributed by atoms with Crippen molar-refractivity contribution in [3.05, 3.63) is 29.3 Å². The lowest BCUT2D eigenvalue weighted by Gasteiger charge is -2.47. The van der Waals surface area contributed by atoms with Crippen LogP contribution < -0.4 is 4.74 Å². The molecule has 2 saturated carbocycles. The number of aryl methyl sites for hydroxylation is 1. The molecule has 0 spiro atoms. The van der Waals surface area contributed by atoms with Gasteiger partial charge in [0.1, 0.15) is 5.75 Å². The summed E-state index contributed by atoms with van der Waals surface area (Å²) in [5, 5.41) is 0. The Morgan fingerprint density at radius 1 is 0.917 bits per heavy atom. The average Bonchev–Trinajstić information content (AvgIpc) is 2.90. The first-order valence-corrected chi connectivity index (χ1v) is 15.8. The average molecular weight is 497 g/mol. The highest BCUT2D eigenvalue weighted by atomic mass is 16.5. The van der Waals surface area contributed by atoms with E-state index < -0.39 is 0 Å². The second-order valence-corrected chi connectivity index (χ2v) is 12.4. The van der Waals surface area contributed by atoms with Crippen molar-refractivity contribution in [2.75, 3.05) is 0 Å². The van der Waals surface area contributed by atoms with Crippen LogP contribution in [-0.4, -0.2) is 5.97 Å². The van der Waals surface area contributed by atoms with Crippen molar-refractivity contribution in [1.82, 2.24) is 0 Å². The lowest BCUT2D eigenvalue weighted by molar-refractivity contribution is -0.134. The summed E-state index contributed by atoms with van der Waals surface area (Å²) in [5.41, 5.74) is 3.19. The molecule has 36 heavy (non-hydrogen) atoms.